The third kappa shape index (κ3) is 4.29. The highest BCUT2D eigenvalue weighted by molar-refractivity contribution is 5.97. The minimum Gasteiger partial charge on any atom is -0.385 e. The lowest BCUT2D eigenvalue weighted by Crippen LogP contribution is -2.10. The molecule has 32 heavy (non-hydrogen) atoms. The molecule has 0 bridgehead atoms. The van der Waals surface area contributed by atoms with Gasteiger partial charge >= 0.3 is 0 Å². The van der Waals surface area contributed by atoms with Crippen LogP contribution in [0.4, 0.5) is 17.1 Å². The lowest BCUT2D eigenvalue weighted by atomic mass is 9.82. The summed E-state index contributed by atoms with van der Waals surface area (Å²) < 4.78 is 0. The van der Waals surface area contributed by atoms with Gasteiger partial charge in [-0.1, -0.05) is 54.6 Å². The first-order chi connectivity index (χ1) is 15.5. The van der Waals surface area contributed by atoms with Crippen LogP contribution in [-0.4, -0.2) is 34.7 Å². The van der Waals surface area contributed by atoms with Gasteiger partial charge in [0.25, 0.3) is 0 Å². The molecule has 3 nitrogen and oxygen atoms in total. The first-order valence-corrected chi connectivity index (χ1v) is 11.3. The first-order valence-electron chi connectivity index (χ1n) is 11.3. The quantitative estimate of drug-likeness (QED) is 0.339. The molecule has 4 aromatic rings. The molecule has 0 radical (unpaired) electrons. The Bertz CT molecular complexity index is 1120. The van der Waals surface area contributed by atoms with Crippen molar-refractivity contribution in [1.82, 2.24) is 0 Å². The van der Waals surface area contributed by atoms with E-state index in [0.717, 1.165) is 6.54 Å². The summed E-state index contributed by atoms with van der Waals surface area (Å²) in [5, 5.41) is 6.09. The zero-order valence-corrected chi connectivity index (χ0v) is 19.8. The summed E-state index contributed by atoms with van der Waals surface area (Å²) in [5.74, 6) is 0.156. The van der Waals surface area contributed by atoms with Crippen molar-refractivity contribution < 1.29 is 0 Å². The zero-order valence-electron chi connectivity index (χ0n) is 19.8. The van der Waals surface area contributed by atoms with Gasteiger partial charge in [0.1, 0.15) is 0 Å². The molecule has 0 aliphatic rings. The minimum atomic E-state index is 0.156. The molecule has 0 amide bonds. The van der Waals surface area contributed by atoms with Crippen molar-refractivity contribution in [3.63, 3.8) is 0 Å². The van der Waals surface area contributed by atoms with Gasteiger partial charge in [0.15, 0.2) is 0 Å². The molecule has 4 aromatic carbocycles. The Balaban J connectivity index is 1.91. The second kappa shape index (κ2) is 9.35. The smallest absolute Gasteiger partial charge is 0.0419 e. The van der Waals surface area contributed by atoms with E-state index in [4.69, 9.17) is 0 Å². The lowest BCUT2D eigenvalue weighted by Gasteiger charge is -2.24. The van der Waals surface area contributed by atoms with Crippen LogP contribution in [0.3, 0.4) is 0 Å². The molecule has 0 aromatic heterocycles. The van der Waals surface area contributed by atoms with E-state index in [2.05, 4.69) is 135 Å². The average Bonchev–Trinajstić information content (AvgIpc) is 2.81. The highest BCUT2D eigenvalue weighted by atomic mass is 15.1. The van der Waals surface area contributed by atoms with Crippen molar-refractivity contribution in [2.24, 2.45) is 0 Å². The van der Waals surface area contributed by atoms with Gasteiger partial charge in [-0.2, -0.15) is 0 Å². The maximum absolute atomic E-state index is 3.53. The number of benzene rings is 4. The Hall–Kier alpha value is -3.46. The molecule has 0 saturated heterocycles. The van der Waals surface area contributed by atoms with Crippen molar-refractivity contribution in [2.45, 2.75) is 12.8 Å². The summed E-state index contributed by atoms with van der Waals surface area (Å²) in [4.78, 5) is 4.29. The summed E-state index contributed by atoms with van der Waals surface area (Å²) in [5.41, 5.74) is 7.55. The number of nitrogens with zero attached hydrogens (tertiary/aromatic N) is 2. The fraction of sp³-hybridized carbons (Fsp3) is 0.241. The Kier molecular flexibility index (Phi) is 6.36. The summed E-state index contributed by atoms with van der Waals surface area (Å²) in [6, 6.07) is 31.2. The number of anilines is 3. The molecule has 0 aliphatic heterocycles. The van der Waals surface area contributed by atoms with Gasteiger partial charge < -0.3 is 15.1 Å². The SMILES string of the molecule is CCNc1ccc(C(c2ccc(N(C)C)cc2)c2ccc(N(C)C)cc2)c2ccccc12. The summed E-state index contributed by atoms with van der Waals surface area (Å²) in [6.07, 6.45) is 0. The number of hydrogen-bond acceptors (Lipinski definition) is 3. The van der Waals surface area contributed by atoms with Crippen LogP contribution in [0.1, 0.15) is 29.5 Å². The van der Waals surface area contributed by atoms with Crippen LogP contribution in [0, 0.1) is 0 Å². The molecular formula is C29H33N3. The van der Waals surface area contributed by atoms with Gasteiger partial charge in [-0.25, -0.2) is 0 Å². The third-order valence-corrected chi connectivity index (χ3v) is 6.12. The molecule has 164 valence electrons. The predicted molar refractivity (Wildman–Crippen MR) is 141 cm³/mol. The van der Waals surface area contributed by atoms with Crippen LogP contribution in [0.5, 0.6) is 0 Å². The van der Waals surface area contributed by atoms with Gasteiger partial charge in [0, 0.05) is 63.1 Å². The Morgan fingerprint density at radius 2 is 1.12 bits per heavy atom. The first kappa shape index (κ1) is 21.8. The second-order valence-corrected chi connectivity index (χ2v) is 8.68. The Morgan fingerprint density at radius 1 is 0.625 bits per heavy atom. The molecule has 0 spiro atoms. The third-order valence-electron chi connectivity index (χ3n) is 6.12. The van der Waals surface area contributed by atoms with E-state index in [1.807, 2.05) is 0 Å². The van der Waals surface area contributed by atoms with E-state index < -0.39 is 0 Å². The Morgan fingerprint density at radius 3 is 1.59 bits per heavy atom. The van der Waals surface area contributed by atoms with Gasteiger partial charge in [-0.3, -0.25) is 0 Å². The zero-order chi connectivity index (χ0) is 22.7. The number of nitrogens with one attached hydrogen (secondary N) is 1. The standard InChI is InChI=1S/C29H33N3/c1-6-30-28-20-19-27(25-9-7-8-10-26(25)28)29(21-11-15-23(16-12-21)31(2)3)22-13-17-24(18-14-22)32(4)5/h7-20,29-30H,6H2,1-5H3. The number of hydrogen-bond donors (Lipinski definition) is 1. The van der Waals surface area contributed by atoms with Gasteiger partial charge in [0.05, 0.1) is 0 Å². The predicted octanol–water partition coefficient (Wildman–Crippen LogP) is 6.58. The summed E-state index contributed by atoms with van der Waals surface area (Å²) in [6.45, 7) is 3.05. The van der Waals surface area contributed by atoms with Crippen LogP contribution in [0.15, 0.2) is 84.9 Å². The highest BCUT2D eigenvalue weighted by Gasteiger charge is 2.20. The monoisotopic (exact) mass is 423 g/mol. The van der Waals surface area contributed by atoms with E-state index in [1.165, 1.54) is 44.5 Å². The normalized spacial score (nSPS) is 11.1. The van der Waals surface area contributed by atoms with Crippen molar-refractivity contribution in [2.75, 3.05) is 49.9 Å². The van der Waals surface area contributed by atoms with E-state index >= 15 is 0 Å². The maximum Gasteiger partial charge on any atom is 0.0419 e. The Labute approximate surface area is 192 Å². The van der Waals surface area contributed by atoms with Crippen molar-refractivity contribution in [3.05, 3.63) is 102 Å². The van der Waals surface area contributed by atoms with Crippen LogP contribution in [0.25, 0.3) is 10.8 Å². The van der Waals surface area contributed by atoms with Gasteiger partial charge in [0.2, 0.25) is 0 Å². The molecule has 0 atom stereocenters. The fourth-order valence-electron chi connectivity index (χ4n) is 4.40. The van der Waals surface area contributed by atoms with E-state index in [1.54, 1.807) is 0 Å². The highest BCUT2D eigenvalue weighted by Crippen LogP contribution is 2.39. The largest absolute Gasteiger partial charge is 0.385 e. The molecule has 0 unspecified atom stereocenters. The lowest BCUT2D eigenvalue weighted by molar-refractivity contribution is 0.984. The molecule has 4 rings (SSSR count). The number of rotatable bonds is 7. The van der Waals surface area contributed by atoms with Crippen molar-refractivity contribution >= 4 is 27.8 Å². The van der Waals surface area contributed by atoms with E-state index in [-0.39, 0.29) is 5.92 Å². The minimum absolute atomic E-state index is 0.156. The average molecular weight is 424 g/mol. The maximum atomic E-state index is 3.53. The van der Waals surface area contributed by atoms with Crippen molar-refractivity contribution in [1.29, 1.82) is 0 Å². The van der Waals surface area contributed by atoms with Crippen LogP contribution in [0.2, 0.25) is 0 Å². The number of fused-ring (bicyclic) bond motifs is 1. The van der Waals surface area contributed by atoms with Crippen LogP contribution < -0.4 is 15.1 Å². The molecular weight excluding hydrogens is 390 g/mol. The molecule has 3 heteroatoms. The fourth-order valence-corrected chi connectivity index (χ4v) is 4.40. The molecule has 0 fully saturated rings. The van der Waals surface area contributed by atoms with Crippen LogP contribution in [-0.2, 0) is 0 Å². The molecule has 1 N–H and O–H groups in total. The van der Waals surface area contributed by atoms with Crippen molar-refractivity contribution in [3.8, 4) is 0 Å². The van der Waals surface area contributed by atoms with Gasteiger partial charge in [-0.05, 0) is 59.3 Å². The van der Waals surface area contributed by atoms with E-state index in [9.17, 15) is 0 Å². The molecule has 0 aliphatic carbocycles. The van der Waals surface area contributed by atoms with Gasteiger partial charge in [-0.15, -0.1) is 0 Å². The summed E-state index contributed by atoms with van der Waals surface area (Å²) >= 11 is 0. The topological polar surface area (TPSA) is 18.5 Å². The molecule has 0 saturated carbocycles. The van der Waals surface area contributed by atoms with E-state index in [0.29, 0.717) is 0 Å². The second-order valence-electron chi connectivity index (χ2n) is 8.68. The summed E-state index contributed by atoms with van der Waals surface area (Å²) in [7, 11) is 8.33. The van der Waals surface area contributed by atoms with Crippen LogP contribution >= 0.6 is 0 Å². The molecule has 0 heterocycles.